The largest absolute Gasteiger partial charge is 0.504 e. The first-order valence-electron chi connectivity index (χ1n) is 6.78. The lowest BCUT2D eigenvalue weighted by Gasteiger charge is -2.15. The van der Waals surface area contributed by atoms with Crippen molar-refractivity contribution in [1.29, 1.82) is 0 Å². The summed E-state index contributed by atoms with van der Waals surface area (Å²) in [5, 5.41) is 40.2. The Morgan fingerprint density at radius 1 is 1.24 bits per heavy atom. The maximum atomic E-state index is 11.9. The number of nitrogens with one attached hydrogen (secondary N) is 2. The van der Waals surface area contributed by atoms with Crippen molar-refractivity contribution in [2.45, 2.75) is 19.3 Å². The fraction of sp³-hybridized carbons (Fsp3) is 0.429. The number of carbonyl (C=O) groups excluding carboxylic acids is 1. The molecule has 7 nitrogen and oxygen atoms in total. The van der Waals surface area contributed by atoms with Crippen LogP contribution in [0.4, 0.5) is 0 Å². The number of carbonyl (C=O) groups is 1. The van der Waals surface area contributed by atoms with Gasteiger partial charge in [-0.25, -0.2) is 4.99 Å². The minimum Gasteiger partial charge on any atom is -0.504 e. The lowest BCUT2D eigenvalue weighted by molar-refractivity contribution is -0.479. The highest BCUT2D eigenvalue weighted by Gasteiger charge is 2.26. The summed E-state index contributed by atoms with van der Waals surface area (Å²) in [4.78, 5) is 14.7. The molecule has 21 heavy (non-hydrogen) atoms. The number of phenols is 3. The summed E-state index contributed by atoms with van der Waals surface area (Å²) in [7, 11) is 0. The van der Waals surface area contributed by atoms with Crippen LogP contribution < -0.4 is 10.3 Å². The van der Waals surface area contributed by atoms with E-state index < -0.39 is 5.75 Å². The zero-order valence-electron chi connectivity index (χ0n) is 11.5. The van der Waals surface area contributed by atoms with Crippen molar-refractivity contribution in [2.75, 3.05) is 13.1 Å². The van der Waals surface area contributed by atoms with Crippen LogP contribution in [0.5, 0.6) is 17.2 Å². The van der Waals surface area contributed by atoms with Crippen LogP contribution in [0.25, 0.3) is 0 Å². The van der Waals surface area contributed by atoms with E-state index >= 15 is 0 Å². The maximum Gasteiger partial charge on any atom is 0.332 e. The fourth-order valence-corrected chi connectivity index (χ4v) is 2.24. The van der Waals surface area contributed by atoms with E-state index in [0.29, 0.717) is 37.9 Å². The topological polar surface area (TPSA) is 124 Å². The molecular weight excluding hydrogens is 276 g/mol. The zero-order valence-corrected chi connectivity index (χ0v) is 11.5. The quantitative estimate of drug-likeness (QED) is 0.394. The van der Waals surface area contributed by atoms with Gasteiger partial charge in [0.25, 0.3) is 0 Å². The van der Waals surface area contributed by atoms with Gasteiger partial charge < -0.3 is 25.7 Å². The summed E-state index contributed by atoms with van der Waals surface area (Å²) in [5.41, 5.74) is 0.443. The zero-order chi connectivity index (χ0) is 15.4. The number of aromatic hydroxyl groups is 3. The number of aliphatic hydroxyl groups excluding tert-OH is 1. The molecule has 1 aromatic rings. The van der Waals surface area contributed by atoms with Gasteiger partial charge in [0.1, 0.15) is 0 Å². The van der Waals surface area contributed by atoms with E-state index in [0.717, 1.165) is 0 Å². The van der Waals surface area contributed by atoms with Gasteiger partial charge >= 0.3 is 5.90 Å². The van der Waals surface area contributed by atoms with Crippen LogP contribution in [0, 0.1) is 5.92 Å². The van der Waals surface area contributed by atoms with Crippen molar-refractivity contribution < 1.29 is 30.2 Å². The monoisotopic (exact) mass is 295 g/mol. The third kappa shape index (κ3) is 3.56. The minimum atomic E-state index is -0.554. The van der Waals surface area contributed by atoms with Crippen LogP contribution in [-0.4, -0.2) is 45.3 Å². The van der Waals surface area contributed by atoms with E-state index in [4.69, 9.17) is 0 Å². The van der Waals surface area contributed by atoms with Gasteiger partial charge in [0.05, 0.1) is 12.3 Å². The van der Waals surface area contributed by atoms with Crippen LogP contribution in [0.1, 0.15) is 18.4 Å². The molecule has 7 heteroatoms. The Labute approximate surface area is 121 Å². The first-order valence-corrected chi connectivity index (χ1v) is 6.78. The molecule has 0 saturated heterocycles. The van der Waals surface area contributed by atoms with Crippen molar-refractivity contribution in [3.05, 3.63) is 17.7 Å². The van der Waals surface area contributed by atoms with Crippen LogP contribution in [-0.2, 0) is 11.2 Å². The van der Waals surface area contributed by atoms with Gasteiger partial charge in [0.15, 0.2) is 18.0 Å². The van der Waals surface area contributed by atoms with Gasteiger partial charge in [-0.05, 0) is 24.5 Å². The van der Waals surface area contributed by atoms with Crippen molar-refractivity contribution in [3.8, 4) is 17.2 Å². The number of amides is 1. The Bertz CT molecular complexity index is 571. The standard InChI is InChI=1S/C14H18N2O5/c17-10-3-1-8(12(19)13(10)20)5-6-15-14(21)9-2-4-11(18)16-7-9/h1,3,9,17,19-20H,2,4-7H2,(H,15,21)(H,16,18)/p+1. The van der Waals surface area contributed by atoms with Crippen LogP contribution in [0.15, 0.2) is 12.1 Å². The second kappa shape index (κ2) is 6.34. The molecule has 1 atom stereocenters. The molecule has 1 aliphatic heterocycles. The highest BCUT2D eigenvalue weighted by atomic mass is 16.3. The SMILES string of the molecule is O=C(NCCc1ccc(O)c(O)c1O)C1CCC(O)=[NH+]C1. The first kappa shape index (κ1) is 15.0. The minimum absolute atomic E-state index is 0.113. The molecule has 0 fully saturated rings. The normalized spacial score (nSPS) is 18.1. The number of rotatable bonds is 4. The third-order valence-corrected chi connectivity index (χ3v) is 3.56. The van der Waals surface area contributed by atoms with Crippen molar-refractivity contribution in [3.63, 3.8) is 0 Å². The molecule has 0 aliphatic carbocycles. The molecule has 0 spiro atoms. The summed E-state index contributed by atoms with van der Waals surface area (Å²) in [5.74, 6) is -1.40. The summed E-state index contributed by atoms with van der Waals surface area (Å²) in [6.45, 7) is 0.714. The van der Waals surface area contributed by atoms with Crippen LogP contribution >= 0.6 is 0 Å². The summed E-state index contributed by atoms with van der Waals surface area (Å²) in [6.07, 6.45) is 1.39. The van der Waals surface area contributed by atoms with Crippen LogP contribution in [0.2, 0.25) is 0 Å². The Kier molecular flexibility index (Phi) is 4.52. The molecule has 1 aliphatic rings. The molecule has 1 heterocycles. The molecule has 1 unspecified atom stereocenters. The number of phenolic OH excluding ortho intramolecular Hbond substituents is 3. The molecule has 114 valence electrons. The number of hydrogen-bond donors (Lipinski definition) is 6. The molecular formula is C14H19N2O5+. The van der Waals surface area contributed by atoms with E-state index in [-0.39, 0.29) is 29.2 Å². The average Bonchev–Trinajstić information content (AvgIpc) is 2.48. The second-order valence-electron chi connectivity index (χ2n) is 5.05. The summed E-state index contributed by atoms with van der Waals surface area (Å²) >= 11 is 0. The van der Waals surface area contributed by atoms with Gasteiger partial charge in [0.2, 0.25) is 11.7 Å². The molecule has 2 rings (SSSR count). The lowest BCUT2D eigenvalue weighted by atomic mass is 10.00. The predicted octanol–water partition coefficient (Wildman–Crippen LogP) is -1.09. The average molecular weight is 295 g/mol. The van der Waals surface area contributed by atoms with Gasteiger partial charge in [0, 0.05) is 6.54 Å². The third-order valence-electron chi connectivity index (χ3n) is 3.56. The van der Waals surface area contributed by atoms with Crippen molar-refractivity contribution >= 4 is 11.8 Å². The number of hydrogen-bond acceptors (Lipinski definition) is 4. The van der Waals surface area contributed by atoms with E-state index in [9.17, 15) is 25.2 Å². The van der Waals surface area contributed by atoms with Gasteiger partial charge in [-0.15, -0.1) is 0 Å². The van der Waals surface area contributed by atoms with E-state index in [1.54, 1.807) is 0 Å². The molecule has 0 saturated carbocycles. The summed E-state index contributed by atoms with van der Waals surface area (Å²) < 4.78 is 0. The lowest BCUT2D eigenvalue weighted by Crippen LogP contribution is -2.77. The second-order valence-corrected chi connectivity index (χ2v) is 5.05. The van der Waals surface area contributed by atoms with E-state index in [2.05, 4.69) is 10.3 Å². The molecule has 6 N–H and O–H groups in total. The van der Waals surface area contributed by atoms with Gasteiger partial charge in [-0.1, -0.05) is 6.07 Å². The fourth-order valence-electron chi connectivity index (χ4n) is 2.24. The number of benzene rings is 1. The molecule has 1 aromatic carbocycles. The van der Waals surface area contributed by atoms with Gasteiger partial charge in [-0.3, -0.25) is 4.79 Å². The molecule has 0 radical (unpaired) electrons. The Morgan fingerprint density at radius 2 is 2.00 bits per heavy atom. The van der Waals surface area contributed by atoms with Crippen molar-refractivity contribution in [2.24, 2.45) is 5.92 Å². The van der Waals surface area contributed by atoms with Gasteiger partial charge in [-0.2, -0.15) is 0 Å². The molecule has 0 aromatic heterocycles. The smallest absolute Gasteiger partial charge is 0.332 e. The molecule has 1 amide bonds. The highest BCUT2D eigenvalue weighted by Crippen LogP contribution is 2.36. The molecule has 0 bridgehead atoms. The van der Waals surface area contributed by atoms with Crippen LogP contribution in [0.3, 0.4) is 0 Å². The Balaban J connectivity index is 1.85. The predicted molar refractivity (Wildman–Crippen MR) is 74.3 cm³/mol. The van der Waals surface area contributed by atoms with E-state index in [1.807, 2.05) is 0 Å². The first-order chi connectivity index (χ1) is 9.99. The number of aliphatic hydroxyl groups is 1. The Morgan fingerprint density at radius 3 is 2.67 bits per heavy atom. The summed E-state index contributed by atoms with van der Waals surface area (Å²) in [6, 6.07) is 2.78. The van der Waals surface area contributed by atoms with E-state index in [1.165, 1.54) is 12.1 Å². The maximum absolute atomic E-state index is 11.9. The Hall–Kier alpha value is -2.44. The highest BCUT2D eigenvalue weighted by molar-refractivity contribution is 5.80. The van der Waals surface area contributed by atoms with Crippen molar-refractivity contribution in [1.82, 2.24) is 5.32 Å².